The zero-order valence-corrected chi connectivity index (χ0v) is 25.5. The SMILES string of the molecule is O=C(O)N1CCN(C(=O)C2CCC(NS(=O)(=O)c3ccc4cc(-c5ccccc5C(F)(F)F)[nH]c4c3)CC2)[C@@H](c2ccccc2)C1. The summed E-state index contributed by atoms with van der Waals surface area (Å²) in [5.74, 6) is -0.364. The number of hydrogen-bond donors (Lipinski definition) is 3. The van der Waals surface area contributed by atoms with Gasteiger partial charge in [0.2, 0.25) is 15.9 Å². The minimum absolute atomic E-state index is 0.0160. The molecule has 0 radical (unpaired) electrons. The maximum absolute atomic E-state index is 13.7. The molecule has 2 heterocycles. The summed E-state index contributed by atoms with van der Waals surface area (Å²) in [5, 5.41) is 10.1. The Morgan fingerprint density at radius 1 is 0.891 bits per heavy atom. The Kier molecular flexibility index (Phi) is 8.55. The zero-order valence-electron chi connectivity index (χ0n) is 24.7. The number of carboxylic acid groups (broad SMARTS) is 1. The van der Waals surface area contributed by atoms with Crippen molar-refractivity contribution in [2.45, 2.75) is 48.8 Å². The molecule has 2 aliphatic rings. The number of carbonyl (C=O) groups excluding carboxylic acids is 1. The van der Waals surface area contributed by atoms with E-state index in [9.17, 15) is 36.3 Å². The second-order valence-corrected chi connectivity index (χ2v) is 13.5. The smallest absolute Gasteiger partial charge is 0.417 e. The average Bonchev–Trinajstić information content (AvgIpc) is 3.48. The van der Waals surface area contributed by atoms with Gasteiger partial charge in [-0.15, -0.1) is 0 Å². The van der Waals surface area contributed by atoms with Crippen molar-refractivity contribution in [2.24, 2.45) is 5.92 Å². The fourth-order valence-electron chi connectivity index (χ4n) is 6.54. The number of aromatic amines is 1. The number of hydrogen-bond acceptors (Lipinski definition) is 4. The van der Waals surface area contributed by atoms with E-state index in [2.05, 4.69) is 9.71 Å². The van der Waals surface area contributed by atoms with Crippen LogP contribution in [0.2, 0.25) is 0 Å². The fourth-order valence-corrected chi connectivity index (χ4v) is 7.88. The number of nitrogens with zero attached hydrogens (tertiary/aromatic N) is 2. The normalized spacial score (nSPS) is 21.0. The molecular formula is C33H33F3N4O5S. The predicted octanol–water partition coefficient (Wildman–Crippen LogP) is 6.25. The van der Waals surface area contributed by atoms with E-state index in [1.165, 1.54) is 35.2 Å². The number of fused-ring (bicyclic) bond motifs is 1. The van der Waals surface area contributed by atoms with Crippen molar-refractivity contribution in [3.05, 3.63) is 90.0 Å². The van der Waals surface area contributed by atoms with Gasteiger partial charge in [0.1, 0.15) is 0 Å². The first-order valence-electron chi connectivity index (χ1n) is 15.1. The van der Waals surface area contributed by atoms with E-state index in [1.54, 1.807) is 17.0 Å². The average molecular weight is 655 g/mol. The molecule has 1 aliphatic carbocycles. The molecule has 6 rings (SSSR count). The van der Waals surface area contributed by atoms with Crippen molar-refractivity contribution in [1.29, 1.82) is 0 Å². The van der Waals surface area contributed by atoms with E-state index in [0.717, 1.165) is 11.6 Å². The fraction of sp³-hybridized carbons (Fsp3) is 0.333. The van der Waals surface area contributed by atoms with Crippen molar-refractivity contribution in [3.63, 3.8) is 0 Å². The van der Waals surface area contributed by atoms with Crippen LogP contribution in [0.25, 0.3) is 22.2 Å². The van der Waals surface area contributed by atoms with Crippen LogP contribution in [-0.2, 0) is 21.0 Å². The van der Waals surface area contributed by atoms with Crippen LogP contribution in [0.3, 0.4) is 0 Å². The second kappa shape index (κ2) is 12.4. The number of nitrogens with one attached hydrogen (secondary N) is 2. The standard InChI is InChI=1S/C33H33F3N4O5S/c34-33(35,36)27-9-5-4-8-26(27)29-18-23-12-15-25(19-28(23)37-29)46(44,45)38-24-13-10-22(11-14-24)31(41)40-17-16-39(32(42)43)20-30(40)21-6-2-1-3-7-21/h1-9,12,15,18-19,22,24,30,37-38H,10-11,13-14,16-17,20H2,(H,42,43)/t22?,24?,30-/m1/s1. The molecule has 2 fully saturated rings. The highest BCUT2D eigenvalue weighted by Crippen LogP contribution is 2.38. The zero-order chi connectivity index (χ0) is 32.6. The third-order valence-electron chi connectivity index (χ3n) is 8.94. The van der Waals surface area contributed by atoms with Gasteiger partial charge in [0.05, 0.1) is 16.5 Å². The molecule has 1 atom stereocenters. The molecule has 4 aromatic rings. The molecule has 3 aromatic carbocycles. The van der Waals surface area contributed by atoms with Crippen LogP contribution < -0.4 is 4.72 Å². The monoisotopic (exact) mass is 654 g/mol. The molecule has 2 amide bonds. The number of amides is 2. The highest BCUT2D eigenvalue weighted by molar-refractivity contribution is 7.89. The minimum atomic E-state index is -4.55. The van der Waals surface area contributed by atoms with Gasteiger partial charge in [0, 0.05) is 53.8 Å². The van der Waals surface area contributed by atoms with Crippen LogP contribution in [0, 0.1) is 5.92 Å². The highest BCUT2D eigenvalue weighted by Gasteiger charge is 2.38. The summed E-state index contributed by atoms with van der Waals surface area (Å²) in [5.41, 5.74) is 0.661. The molecule has 46 heavy (non-hydrogen) atoms. The van der Waals surface area contributed by atoms with Gasteiger partial charge >= 0.3 is 12.3 Å². The molecule has 1 saturated heterocycles. The van der Waals surface area contributed by atoms with Gasteiger partial charge in [0.25, 0.3) is 0 Å². The number of H-pyrrole nitrogens is 1. The lowest BCUT2D eigenvalue weighted by molar-refractivity contribution is -0.141. The number of sulfonamides is 1. The van der Waals surface area contributed by atoms with Crippen molar-refractivity contribution < 1.29 is 36.3 Å². The van der Waals surface area contributed by atoms with E-state index in [4.69, 9.17) is 0 Å². The molecule has 1 saturated carbocycles. The van der Waals surface area contributed by atoms with E-state index in [-0.39, 0.29) is 47.6 Å². The van der Waals surface area contributed by atoms with Crippen molar-refractivity contribution in [2.75, 3.05) is 19.6 Å². The second-order valence-electron chi connectivity index (χ2n) is 11.8. The topological polar surface area (TPSA) is 123 Å². The lowest BCUT2D eigenvalue weighted by Gasteiger charge is -2.43. The van der Waals surface area contributed by atoms with Gasteiger partial charge in [-0.25, -0.2) is 17.9 Å². The van der Waals surface area contributed by atoms with E-state index in [1.807, 2.05) is 30.3 Å². The Hall–Kier alpha value is -4.36. The Labute approximate surface area is 264 Å². The maximum Gasteiger partial charge on any atom is 0.417 e. The Morgan fingerprint density at radius 3 is 2.28 bits per heavy atom. The van der Waals surface area contributed by atoms with Crippen molar-refractivity contribution in [3.8, 4) is 11.3 Å². The van der Waals surface area contributed by atoms with E-state index >= 15 is 0 Å². The van der Waals surface area contributed by atoms with Gasteiger partial charge in [-0.2, -0.15) is 13.2 Å². The number of halogens is 3. The van der Waals surface area contributed by atoms with Gasteiger partial charge in [-0.1, -0.05) is 54.6 Å². The van der Waals surface area contributed by atoms with Crippen molar-refractivity contribution >= 4 is 32.9 Å². The first-order chi connectivity index (χ1) is 21.9. The van der Waals surface area contributed by atoms with Gasteiger partial charge in [-0.05, 0) is 55.5 Å². The van der Waals surface area contributed by atoms with Crippen molar-refractivity contribution in [1.82, 2.24) is 19.5 Å². The molecular weight excluding hydrogens is 621 g/mol. The lowest BCUT2D eigenvalue weighted by atomic mass is 9.85. The largest absolute Gasteiger partial charge is 0.465 e. The molecule has 0 bridgehead atoms. The summed E-state index contributed by atoms with van der Waals surface area (Å²) in [4.78, 5) is 31.4. The first-order valence-corrected chi connectivity index (χ1v) is 16.5. The summed E-state index contributed by atoms with van der Waals surface area (Å²) in [6, 6.07) is 19.7. The number of benzene rings is 3. The summed E-state index contributed by atoms with van der Waals surface area (Å²) in [6.45, 7) is 0.685. The molecule has 0 unspecified atom stereocenters. The molecule has 13 heteroatoms. The molecule has 3 N–H and O–H groups in total. The highest BCUT2D eigenvalue weighted by atomic mass is 32.2. The molecule has 1 aromatic heterocycles. The summed E-state index contributed by atoms with van der Waals surface area (Å²) in [7, 11) is -3.96. The number of alkyl halides is 3. The Morgan fingerprint density at radius 2 is 1.59 bits per heavy atom. The number of aromatic nitrogens is 1. The number of rotatable bonds is 6. The Balaban J connectivity index is 1.12. The maximum atomic E-state index is 13.7. The third kappa shape index (κ3) is 6.47. The molecule has 9 nitrogen and oxygen atoms in total. The summed E-state index contributed by atoms with van der Waals surface area (Å²) in [6.07, 6.45) is -3.72. The number of piperazine rings is 1. The van der Waals surface area contributed by atoms with E-state index < -0.39 is 39.9 Å². The van der Waals surface area contributed by atoms with E-state index in [0.29, 0.717) is 36.6 Å². The lowest BCUT2D eigenvalue weighted by Crippen LogP contribution is -2.53. The van der Waals surface area contributed by atoms with Crippen LogP contribution in [0.5, 0.6) is 0 Å². The van der Waals surface area contributed by atoms with Gasteiger partial charge in [0.15, 0.2) is 0 Å². The molecule has 242 valence electrons. The van der Waals surface area contributed by atoms with Crippen LogP contribution in [-0.4, -0.2) is 66.0 Å². The van der Waals surface area contributed by atoms with Crippen LogP contribution in [0.4, 0.5) is 18.0 Å². The quantitative estimate of drug-likeness (QED) is 0.227. The number of carbonyl (C=O) groups is 2. The van der Waals surface area contributed by atoms with Gasteiger partial charge in [-0.3, -0.25) is 4.79 Å². The van der Waals surface area contributed by atoms with Crippen LogP contribution in [0.1, 0.15) is 42.9 Å². The van der Waals surface area contributed by atoms with Crippen LogP contribution >= 0.6 is 0 Å². The molecule has 1 aliphatic heterocycles. The first kappa shape index (κ1) is 31.6. The predicted molar refractivity (Wildman–Crippen MR) is 165 cm³/mol. The van der Waals surface area contributed by atoms with Crippen LogP contribution in [0.15, 0.2) is 83.8 Å². The summed E-state index contributed by atoms with van der Waals surface area (Å²) >= 11 is 0. The van der Waals surface area contributed by atoms with Gasteiger partial charge < -0.3 is 19.9 Å². The third-order valence-corrected chi connectivity index (χ3v) is 10.5. The molecule has 0 spiro atoms. The Bertz CT molecular complexity index is 1850. The minimum Gasteiger partial charge on any atom is -0.465 e. The summed E-state index contributed by atoms with van der Waals surface area (Å²) < 4.78 is 70.2.